The summed E-state index contributed by atoms with van der Waals surface area (Å²) in [6, 6.07) is 7.14. The molecule has 0 aliphatic carbocycles. The van der Waals surface area contributed by atoms with Crippen LogP contribution in [0.5, 0.6) is 0 Å². The van der Waals surface area contributed by atoms with E-state index in [-0.39, 0.29) is 11.4 Å². The van der Waals surface area contributed by atoms with Gasteiger partial charge in [-0.2, -0.15) is 0 Å². The predicted molar refractivity (Wildman–Crippen MR) is 76.5 cm³/mol. The van der Waals surface area contributed by atoms with Gasteiger partial charge in [0.1, 0.15) is 0 Å². The molecule has 19 heavy (non-hydrogen) atoms. The molecule has 1 aliphatic heterocycles. The number of anilines is 1. The summed E-state index contributed by atoms with van der Waals surface area (Å²) in [6.07, 6.45) is 1.86. The van der Waals surface area contributed by atoms with Crippen LogP contribution < -0.4 is 10.6 Å². The largest absolute Gasteiger partial charge is 0.381 e. The maximum absolute atomic E-state index is 11.9. The van der Waals surface area contributed by atoms with E-state index in [1.165, 1.54) is 0 Å². The number of hydrogen-bond donors (Lipinski definition) is 2. The van der Waals surface area contributed by atoms with Gasteiger partial charge >= 0.3 is 0 Å². The first-order valence-corrected chi connectivity index (χ1v) is 6.83. The SMILES string of the molecule is CC1(NCC(=O)Nc2cccc(Cl)c2)CCOCC1. The Morgan fingerprint density at radius 2 is 2.16 bits per heavy atom. The molecular weight excluding hydrogens is 264 g/mol. The van der Waals surface area contributed by atoms with Gasteiger partial charge in [0.25, 0.3) is 0 Å². The maximum Gasteiger partial charge on any atom is 0.238 e. The van der Waals surface area contributed by atoms with E-state index in [0.717, 1.165) is 31.7 Å². The van der Waals surface area contributed by atoms with Gasteiger partial charge in [-0.15, -0.1) is 0 Å². The fourth-order valence-electron chi connectivity index (χ4n) is 2.06. The normalized spacial score (nSPS) is 18.0. The molecule has 1 fully saturated rings. The molecule has 0 radical (unpaired) electrons. The van der Waals surface area contributed by atoms with Crippen LogP contribution in [-0.4, -0.2) is 31.2 Å². The monoisotopic (exact) mass is 282 g/mol. The van der Waals surface area contributed by atoms with Crippen molar-refractivity contribution in [1.29, 1.82) is 0 Å². The lowest BCUT2D eigenvalue weighted by Gasteiger charge is -2.34. The van der Waals surface area contributed by atoms with Crippen molar-refractivity contribution in [3.8, 4) is 0 Å². The van der Waals surface area contributed by atoms with Crippen LogP contribution in [0.1, 0.15) is 19.8 Å². The van der Waals surface area contributed by atoms with Gasteiger partial charge in [0.15, 0.2) is 0 Å². The highest BCUT2D eigenvalue weighted by Gasteiger charge is 2.27. The highest BCUT2D eigenvalue weighted by atomic mass is 35.5. The van der Waals surface area contributed by atoms with Crippen LogP contribution in [0.3, 0.4) is 0 Å². The molecule has 1 heterocycles. The van der Waals surface area contributed by atoms with E-state index in [4.69, 9.17) is 16.3 Å². The number of ether oxygens (including phenoxy) is 1. The van der Waals surface area contributed by atoms with Gasteiger partial charge < -0.3 is 15.4 Å². The minimum absolute atomic E-state index is 0.01000. The van der Waals surface area contributed by atoms with Gasteiger partial charge in [0.2, 0.25) is 5.91 Å². The average molecular weight is 283 g/mol. The van der Waals surface area contributed by atoms with Crippen LogP contribution in [0.25, 0.3) is 0 Å². The molecular formula is C14H19ClN2O2. The Morgan fingerprint density at radius 1 is 1.42 bits per heavy atom. The second-order valence-corrected chi connectivity index (χ2v) is 5.52. The first kappa shape index (κ1) is 14.3. The summed E-state index contributed by atoms with van der Waals surface area (Å²) >= 11 is 5.87. The number of carbonyl (C=O) groups is 1. The molecule has 5 heteroatoms. The Hall–Kier alpha value is -1.10. The summed E-state index contributed by atoms with van der Waals surface area (Å²) in [4.78, 5) is 11.9. The van der Waals surface area contributed by atoms with Gasteiger partial charge in [0.05, 0.1) is 6.54 Å². The lowest BCUT2D eigenvalue weighted by molar-refractivity contribution is -0.116. The minimum Gasteiger partial charge on any atom is -0.381 e. The van der Waals surface area contributed by atoms with Gasteiger partial charge in [-0.05, 0) is 38.0 Å². The fraction of sp³-hybridized carbons (Fsp3) is 0.500. The van der Waals surface area contributed by atoms with Crippen LogP contribution in [0.2, 0.25) is 5.02 Å². The summed E-state index contributed by atoms with van der Waals surface area (Å²) in [6.45, 7) is 3.92. The van der Waals surface area contributed by atoms with Crippen LogP contribution in [0.4, 0.5) is 5.69 Å². The number of amides is 1. The second kappa shape index (κ2) is 6.37. The molecule has 1 saturated heterocycles. The van der Waals surface area contributed by atoms with Gasteiger partial charge in [0, 0.05) is 29.5 Å². The molecule has 0 unspecified atom stereocenters. The van der Waals surface area contributed by atoms with E-state index in [1.54, 1.807) is 12.1 Å². The molecule has 2 N–H and O–H groups in total. The lowest BCUT2D eigenvalue weighted by Crippen LogP contribution is -2.49. The van der Waals surface area contributed by atoms with Gasteiger partial charge in [-0.25, -0.2) is 0 Å². The van der Waals surface area contributed by atoms with Crippen molar-refractivity contribution in [2.75, 3.05) is 25.1 Å². The van der Waals surface area contributed by atoms with Gasteiger partial charge in [-0.3, -0.25) is 4.79 Å². The highest BCUT2D eigenvalue weighted by molar-refractivity contribution is 6.30. The molecule has 1 aliphatic rings. The quantitative estimate of drug-likeness (QED) is 0.892. The first-order chi connectivity index (χ1) is 9.07. The van der Waals surface area contributed by atoms with E-state index in [1.807, 2.05) is 12.1 Å². The minimum atomic E-state index is -0.0602. The average Bonchev–Trinajstić information content (AvgIpc) is 2.38. The Balaban J connectivity index is 1.81. The van der Waals surface area contributed by atoms with Crippen LogP contribution in [-0.2, 0) is 9.53 Å². The smallest absolute Gasteiger partial charge is 0.238 e. The Kier molecular flexibility index (Phi) is 4.80. The molecule has 104 valence electrons. The zero-order valence-electron chi connectivity index (χ0n) is 11.0. The van der Waals surface area contributed by atoms with Crippen LogP contribution in [0.15, 0.2) is 24.3 Å². The molecule has 0 aromatic heterocycles. The van der Waals surface area contributed by atoms with E-state index in [0.29, 0.717) is 11.6 Å². The van der Waals surface area contributed by atoms with E-state index in [9.17, 15) is 4.79 Å². The standard InChI is InChI=1S/C14H19ClN2O2/c1-14(5-7-19-8-6-14)16-10-13(18)17-12-4-2-3-11(15)9-12/h2-4,9,16H,5-8,10H2,1H3,(H,17,18). The summed E-state index contributed by atoms with van der Waals surface area (Å²) in [5.41, 5.74) is 0.709. The van der Waals surface area contributed by atoms with E-state index < -0.39 is 0 Å². The zero-order chi connectivity index (χ0) is 13.7. The predicted octanol–water partition coefficient (Wildman–Crippen LogP) is 2.44. The van der Waals surface area contributed by atoms with E-state index in [2.05, 4.69) is 17.6 Å². The van der Waals surface area contributed by atoms with Crippen molar-refractivity contribution in [3.05, 3.63) is 29.3 Å². The molecule has 0 spiro atoms. The second-order valence-electron chi connectivity index (χ2n) is 5.09. The zero-order valence-corrected chi connectivity index (χ0v) is 11.8. The molecule has 1 amide bonds. The third-order valence-electron chi connectivity index (χ3n) is 3.38. The van der Waals surface area contributed by atoms with Crippen molar-refractivity contribution in [3.63, 3.8) is 0 Å². The summed E-state index contributed by atoms with van der Waals surface area (Å²) in [5, 5.41) is 6.74. The van der Waals surface area contributed by atoms with Crippen molar-refractivity contribution >= 4 is 23.2 Å². The summed E-state index contributed by atoms with van der Waals surface area (Å²) in [5.74, 6) is -0.0602. The number of halogens is 1. The topological polar surface area (TPSA) is 50.4 Å². The third kappa shape index (κ3) is 4.49. The molecule has 0 bridgehead atoms. The Labute approximate surface area is 118 Å². The Morgan fingerprint density at radius 3 is 2.84 bits per heavy atom. The van der Waals surface area contributed by atoms with Crippen LogP contribution >= 0.6 is 11.6 Å². The molecule has 1 aromatic rings. The van der Waals surface area contributed by atoms with Crippen LogP contribution in [0, 0.1) is 0 Å². The molecule has 1 aromatic carbocycles. The first-order valence-electron chi connectivity index (χ1n) is 6.46. The van der Waals surface area contributed by atoms with Crippen molar-refractivity contribution in [2.24, 2.45) is 0 Å². The number of benzene rings is 1. The number of carbonyl (C=O) groups excluding carboxylic acids is 1. The molecule has 2 rings (SSSR count). The molecule has 4 nitrogen and oxygen atoms in total. The Bertz CT molecular complexity index is 445. The lowest BCUT2D eigenvalue weighted by atomic mass is 9.92. The summed E-state index contributed by atoms with van der Waals surface area (Å²) < 4.78 is 5.33. The number of hydrogen-bond acceptors (Lipinski definition) is 3. The van der Waals surface area contributed by atoms with Crippen molar-refractivity contribution < 1.29 is 9.53 Å². The third-order valence-corrected chi connectivity index (χ3v) is 3.62. The maximum atomic E-state index is 11.9. The summed E-state index contributed by atoms with van der Waals surface area (Å²) in [7, 11) is 0. The highest BCUT2D eigenvalue weighted by Crippen LogP contribution is 2.19. The number of nitrogens with one attached hydrogen (secondary N) is 2. The molecule has 0 atom stereocenters. The molecule has 0 saturated carbocycles. The van der Waals surface area contributed by atoms with Gasteiger partial charge in [-0.1, -0.05) is 17.7 Å². The number of rotatable bonds is 4. The fourth-order valence-corrected chi connectivity index (χ4v) is 2.25. The van der Waals surface area contributed by atoms with Crippen molar-refractivity contribution in [2.45, 2.75) is 25.3 Å². The van der Waals surface area contributed by atoms with Crippen molar-refractivity contribution in [1.82, 2.24) is 5.32 Å². The van der Waals surface area contributed by atoms with E-state index >= 15 is 0 Å².